The standard InChI is InChI=1S/C7HBr2Cl5O2S/c8-7(9)17(15,16)6-4(13)2(11)1(10)3(12)5(6)14/h7H. The zero-order valence-corrected chi connectivity index (χ0v) is 15.2. The molecule has 0 atom stereocenters. The van der Waals surface area contributed by atoms with Crippen LogP contribution in [0.4, 0.5) is 0 Å². The summed E-state index contributed by atoms with van der Waals surface area (Å²) in [6, 6.07) is 0. The first kappa shape index (κ1) is 16.6. The molecule has 0 saturated heterocycles. The number of benzene rings is 1. The van der Waals surface area contributed by atoms with E-state index in [1.807, 2.05) is 0 Å². The van der Waals surface area contributed by atoms with Crippen LogP contribution in [0.2, 0.25) is 25.1 Å². The molecule has 2 nitrogen and oxygen atoms in total. The highest BCUT2D eigenvalue weighted by molar-refractivity contribution is 9.27. The Morgan fingerprint density at radius 3 is 1.35 bits per heavy atom. The molecule has 96 valence electrons. The van der Waals surface area contributed by atoms with Crippen molar-refractivity contribution in [2.45, 2.75) is 7.96 Å². The number of hydrogen-bond acceptors (Lipinski definition) is 2. The summed E-state index contributed by atoms with van der Waals surface area (Å²) in [4.78, 5) is -0.376. The highest BCUT2D eigenvalue weighted by Crippen LogP contribution is 2.47. The van der Waals surface area contributed by atoms with Crippen molar-refractivity contribution in [3.05, 3.63) is 25.1 Å². The predicted molar refractivity (Wildman–Crippen MR) is 80.3 cm³/mol. The third-order valence-electron chi connectivity index (χ3n) is 1.69. The quantitative estimate of drug-likeness (QED) is 0.301. The first-order valence-corrected chi connectivity index (χ1v) is 8.92. The van der Waals surface area contributed by atoms with Crippen molar-refractivity contribution in [2.75, 3.05) is 0 Å². The van der Waals surface area contributed by atoms with Crippen LogP contribution in [-0.4, -0.2) is 11.5 Å². The predicted octanol–water partition coefficient (Wildman–Crippen LogP) is 5.80. The normalized spacial score (nSPS) is 12.2. The van der Waals surface area contributed by atoms with Crippen molar-refractivity contribution < 1.29 is 8.42 Å². The van der Waals surface area contributed by atoms with E-state index in [0.29, 0.717) is 0 Å². The molecule has 1 aromatic rings. The van der Waals surface area contributed by atoms with E-state index in [9.17, 15) is 8.42 Å². The molecular weight excluding hydrogens is 485 g/mol. The van der Waals surface area contributed by atoms with Crippen molar-refractivity contribution >= 4 is 99.7 Å². The van der Waals surface area contributed by atoms with Crippen LogP contribution in [0.15, 0.2) is 4.90 Å². The molecule has 1 aromatic carbocycles. The fourth-order valence-electron chi connectivity index (χ4n) is 0.924. The van der Waals surface area contributed by atoms with Crippen molar-refractivity contribution in [1.82, 2.24) is 0 Å². The van der Waals surface area contributed by atoms with Crippen LogP contribution in [0, 0.1) is 0 Å². The SMILES string of the molecule is O=S(=O)(c1c(Cl)c(Cl)c(Cl)c(Cl)c1Cl)C(Br)Br. The van der Waals surface area contributed by atoms with Gasteiger partial charge in [-0.25, -0.2) is 8.42 Å². The lowest BCUT2D eigenvalue weighted by Gasteiger charge is -2.13. The molecule has 0 fully saturated rings. The van der Waals surface area contributed by atoms with E-state index in [1.165, 1.54) is 0 Å². The lowest BCUT2D eigenvalue weighted by Crippen LogP contribution is -2.10. The summed E-state index contributed by atoms with van der Waals surface area (Å²) in [5, 5.41) is -0.961. The molecule has 0 spiro atoms. The number of hydrogen-bond donors (Lipinski definition) is 0. The number of rotatable bonds is 2. The molecule has 0 aromatic heterocycles. The molecular formula is C7HBr2Cl5O2S. The van der Waals surface area contributed by atoms with Gasteiger partial charge in [-0.15, -0.1) is 0 Å². The Kier molecular flexibility index (Phi) is 5.79. The van der Waals surface area contributed by atoms with Gasteiger partial charge in [-0.3, -0.25) is 0 Å². The third kappa shape index (κ3) is 3.02. The van der Waals surface area contributed by atoms with Crippen LogP contribution in [0.25, 0.3) is 0 Å². The summed E-state index contributed by atoms with van der Waals surface area (Å²) in [5.74, 6) is 0. The minimum absolute atomic E-state index is 0.0945. The molecule has 0 saturated carbocycles. The zero-order chi connectivity index (χ0) is 13.5. The summed E-state index contributed by atoms with van der Waals surface area (Å²) >= 11 is 34.6. The van der Waals surface area contributed by atoms with Crippen molar-refractivity contribution in [1.29, 1.82) is 0 Å². The summed E-state index contributed by atoms with van der Waals surface area (Å²) in [6.45, 7) is 0. The van der Waals surface area contributed by atoms with Gasteiger partial charge < -0.3 is 0 Å². The van der Waals surface area contributed by atoms with Crippen LogP contribution >= 0.6 is 89.9 Å². The molecule has 0 aliphatic carbocycles. The van der Waals surface area contributed by atoms with Crippen LogP contribution in [0.5, 0.6) is 0 Å². The Bertz CT molecular complexity index is 543. The molecule has 0 amide bonds. The van der Waals surface area contributed by atoms with E-state index in [-0.39, 0.29) is 30.0 Å². The van der Waals surface area contributed by atoms with Crippen molar-refractivity contribution in [2.24, 2.45) is 0 Å². The van der Waals surface area contributed by atoms with Gasteiger partial charge in [-0.1, -0.05) is 89.9 Å². The summed E-state index contributed by atoms with van der Waals surface area (Å²) in [7, 11) is -3.86. The minimum Gasteiger partial charge on any atom is -0.222 e. The van der Waals surface area contributed by atoms with Gasteiger partial charge in [0.2, 0.25) is 9.84 Å². The second-order valence-corrected chi connectivity index (χ2v) is 10.8. The van der Waals surface area contributed by atoms with Gasteiger partial charge in [0, 0.05) is 0 Å². The molecule has 0 bridgehead atoms. The molecule has 1 rings (SSSR count). The molecule has 10 heteroatoms. The maximum atomic E-state index is 12.0. The van der Waals surface area contributed by atoms with Gasteiger partial charge in [-0.05, 0) is 0 Å². The first-order chi connectivity index (χ1) is 7.62. The largest absolute Gasteiger partial charge is 0.222 e. The number of alkyl halides is 2. The second-order valence-electron chi connectivity index (χ2n) is 2.70. The van der Waals surface area contributed by atoms with Gasteiger partial charge in [0.1, 0.15) is 4.90 Å². The van der Waals surface area contributed by atoms with Crippen LogP contribution in [0.3, 0.4) is 0 Å². The van der Waals surface area contributed by atoms with Gasteiger partial charge in [0.15, 0.2) is 3.07 Å². The average molecular weight is 486 g/mol. The molecule has 0 heterocycles. The molecule has 0 radical (unpaired) electrons. The minimum atomic E-state index is -3.86. The summed E-state index contributed by atoms with van der Waals surface area (Å²) < 4.78 is 22.9. The average Bonchev–Trinajstić information content (AvgIpc) is 2.23. The van der Waals surface area contributed by atoms with E-state index in [4.69, 9.17) is 58.0 Å². The van der Waals surface area contributed by atoms with Crippen molar-refractivity contribution in [3.63, 3.8) is 0 Å². The molecule has 17 heavy (non-hydrogen) atoms. The number of halogens is 7. The summed E-state index contributed by atoms with van der Waals surface area (Å²) in [5.41, 5.74) is 0. The monoisotopic (exact) mass is 482 g/mol. The van der Waals surface area contributed by atoms with E-state index >= 15 is 0 Å². The Balaban J connectivity index is 3.80. The highest BCUT2D eigenvalue weighted by atomic mass is 79.9. The summed E-state index contributed by atoms with van der Waals surface area (Å²) in [6.07, 6.45) is 0. The smallest absolute Gasteiger partial charge is 0.204 e. The van der Waals surface area contributed by atoms with E-state index < -0.39 is 12.9 Å². The Labute approximate surface area is 140 Å². The molecule has 0 aliphatic rings. The lowest BCUT2D eigenvalue weighted by atomic mass is 10.3. The molecule has 0 unspecified atom stereocenters. The maximum Gasteiger partial charge on any atom is 0.204 e. The molecule has 0 aliphatic heterocycles. The van der Waals surface area contributed by atoms with E-state index in [1.54, 1.807) is 0 Å². The number of sulfone groups is 1. The van der Waals surface area contributed by atoms with Gasteiger partial charge in [0.05, 0.1) is 25.1 Å². The first-order valence-electron chi connectivity index (χ1n) is 3.65. The second kappa shape index (κ2) is 5.92. The van der Waals surface area contributed by atoms with Crippen LogP contribution in [-0.2, 0) is 9.84 Å². The van der Waals surface area contributed by atoms with Crippen LogP contribution in [0.1, 0.15) is 0 Å². The Hall–Kier alpha value is 1.58. The Morgan fingerprint density at radius 2 is 1.06 bits per heavy atom. The lowest BCUT2D eigenvalue weighted by molar-refractivity contribution is 0.600. The molecule has 0 N–H and O–H groups in total. The van der Waals surface area contributed by atoms with E-state index in [0.717, 1.165) is 0 Å². The third-order valence-corrected chi connectivity index (χ3v) is 8.59. The Morgan fingerprint density at radius 1 is 0.765 bits per heavy atom. The fourth-order valence-corrected chi connectivity index (χ4v) is 4.82. The van der Waals surface area contributed by atoms with Gasteiger partial charge in [-0.2, -0.15) is 0 Å². The topological polar surface area (TPSA) is 34.1 Å². The zero-order valence-electron chi connectivity index (χ0n) is 7.45. The van der Waals surface area contributed by atoms with Crippen molar-refractivity contribution in [3.8, 4) is 0 Å². The van der Waals surface area contributed by atoms with Crippen LogP contribution < -0.4 is 0 Å². The van der Waals surface area contributed by atoms with Gasteiger partial charge >= 0.3 is 0 Å². The van der Waals surface area contributed by atoms with Gasteiger partial charge in [0.25, 0.3) is 0 Å². The fraction of sp³-hybridized carbons (Fsp3) is 0.143. The highest BCUT2D eigenvalue weighted by Gasteiger charge is 2.32. The van der Waals surface area contributed by atoms with E-state index in [2.05, 4.69) is 31.9 Å². The maximum absolute atomic E-state index is 12.0.